The standard InChI is InChI=1S/C13H16FNO/c1-10-4-6-11(7-5-10)13(14)8-2-3-9-15-12(13)16/h4-7H,2-3,8-9H2,1H3,(H,15,16)/p+1/t13-/m1/s1. The lowest BCUT2D eigenvalue weighted by Gasteiger charge is -2.19. The Bertz CT molecular complexity index is 387. The molecule has 1 saturated heterocycles. The number of benzene rings is 1. The summed E-state index contributed by atoms with van der Waals surface area (Å²) >= 11 is 0. The number of primary amides is 1. The second-order valence-electron chi connectivity index (χ2n) is 4.48. The summed E-state index contributed by atoms with van der Waals surface area (Å²) in [5, 5.41) is 1.51. The Morgan fingerprint density at radius 3 is 2.62 bits per heavy atom. The molecule has 0 spiro atoms. The molecule has 1 fully saturated rings. The lowest BCUT2D eigenvalue weighted by atomic mass is 9.90. The van der Waals surface area contributed by atoms with Gasteiger partial charge in [-0.1, -0.05) is 29.8 Å². The summed E-state index contributed by atoms with van der Waals surface area (Å²) in [5.74, 6) is -0.367. The summed E-state index contributed by atoms with van der Waals surface area (Å²) in [7, 11) is 0. The maximum absolute atomic E-state index is 14.7. The highest BCUT2D eigenvalue weighted by Gasteiger charge is 2.44. The highest BCUT2D eigenvalue weighted by Crippen LogP contribution is 2.32. The first-order valence-electron chi connectivity index (χ1n) is 5.76. The van der Waals surface area contributed by atoms with E-state index >= 15 is 0 Å². The molecule has 16 heavy (non-hydrogen) atoms. The number of carbonyl (C=O) groups is 1. The molecule has 3 heteroatoms. The molecule has 1 aliphatic heterocycles. The van der Waals surface area contributed by atoms with Gasteiger partial charge in [0.25, 0.3) is 0 Å². The van der Waals surface area contributed by atoms with Gasteiger partial charge in [-0.3, -0.25) is 5.32 Å². The number of nitrogens with two attached hydrogens (primary N) is 1. The number of hydrogen-bond acceptors (Lipinski definition) is 1. The minimum absolute atomic E-state index is 0.311. The molecule has 0 aliphatic carbocycles. The Morgan fingerprint density at radius 2 is 1.94 bits per heavy atom. The molecule has 0 aromatic heterocycles. The molecular weight excluding hydrogens is 205 g/mol. The fourth-order valence-corrected chi connectivity index (χ4v) is 2.14. The van der Waals surface area contributed by atoms with Crippen LogP contribution < -0.4 is 5.32 Å². The predicted molar refractivity (Wildman–Crippen MR) is 59.6 cm³/mol. The van der Waals surface area contributed by atoms with Gasteiger partial charge in [-0.05, 0) is 26.2 Å². The fraction of sp³-hybridized carbons (Fsp3) is 0.462. The third-order valence-corrected chi connectivity index (χ3v) is 3.20. The summed E-state index contributed by atoms with van der Waals surface area (Å²) in [6.07, 6.45) is 1.99. The summed E-state index contributed by atoms with van der Waals surface area (Å²) in [6, 6.07) is 7.17. The van der Waals surface area contributed by atoms with E-state index in [2.05, 4.69) is 0 Å². The number of halogens is 1. The summed E-state index contributed by atoms with van der Waals surface area (Å²) in [6.45, 7) is 2.66. The number of quaternary nitrogens is 1. The van der Waals surface area contributed by atoms with Gasteiger partial charge in [-0.25, -0.2) is 9.18 Å². The molecule has 1 atom stereocenters. The molecule has 0 saturated carbocycles. The molecule has 1 aromatic rings. The Kier molecular flexibility index (Phi) is 3.06. The van der Waals surface area contributed by atoms with E-state index in [1.54, 1.807) is 12.1 Å². The molecule has 2 N–H and O–H groups in total. The van der Waals surface area contributed by atoms with E-state index in [9.17, 15) is 9.18 Å². The van der Waals surface area contributed by atoms with Crippen molar-refractivity contribution in [2.24, 2.45) is 0 Å². The van der Waals surface area contributed by atoms with Crippen molar-refractivity contribution in [1.29, 1.82) is 0 Å². The average molecular weight is 222 g/mol. The number of carbonyl (C=O) groups excluding carboxylic acids is 1. The van der Waals surface area contributed by atoms with Crippen LogP contribution in [-0.2, 0) is 10.5 Å². The van der Waals surface area contributed by atoms with Gasteiger partial charge in [0.1, 0.15) is 0 Å². The predicted octanol–water partition coefficient (Wildman–Crippen LogP) is 1.43. The van der Waals surface area contributed by atoms with Crippen molar-refractivity contribution in [3.8, 4) is 0 Å². The smallest absolute Gasteiger partial charge is 0.280 e. The molecule has 1 heterocycles. The molecule has 1 amide bonds. The van der Waals surface area contributed by atoms with Crippen LogP contribution in [0.5, 0.6) is 0 Å². The van der Waals surface area contributed by atoms with Crippen LogP contribution in [0.4, 0.5) is 4.39 Å². The lowest BCUT2D eigenvalue weighted by Crippen LogP contribution is -2.90. The molecule has 2 nitrogen and oxygen atoms in total. The van der Waals surface area contributed by atoms with E-state index in [0.29, 0.717) is 18.5 Å². The monoisotopic (exact) mass is 222 g/mol. The van der Waals surface area contributed by atoms with E-state index in [1.807, 2.05) is 19.1 Å². The number of alkyl halides is 1. The zero-order valence-electron chi connectivity index (χ0n) is 9.50. The summed E-state index contributed by atoms with van der Waals surface area (Å²) in [4.78, 5) is 11.8. The Hall–Kier alpha value is -1.22. The summed E-state index contributed by atoms with van der Waals surface area (Å²) in [5.41, 5.74) is -0.205. The van der Waals surface area contributed by atoms with E-state index in [1.165, 1.54) is 5.32 Å². The first kappa shape index (κ1) is 11.3. The van der Waals surface area contributed by atoms with Gasteiger partial charge in [0.2, 0.25) is 5.67 Å². The maximum Gasteiger partial charge on any atom is 0.352 e. The van der Waals surface area contributed by atoms with Crippen LogP contribution >= 0.6 is 0 Å². The first-order chi connectivity index (χ1) is 7.63. The van der Waals surface area contributed by atoms with Crippen LogP contribution in [0.3, 0.4) is 0 Å². The second kappa shape index (κ2) is 4.34. The molecule has 2 rings (SSSR count). The number of aryl methyl sites for hydroxylation is 1. The van der Waals surface area contributed by atoms with E-state index in [-0.39, 0.29) is 5.91 Å². The van der Waals surface area contributed by atoms with Crippen molar-refractivity contribution < 1.29 is 14.5 Å². The zero-order valence-corrected chi connectivity index (χ0v) is 9.50. The van der Waals surface area contributed by atoms with Crippen molar-refractivity contribution in [2.75, 3.05) is 6.54 Å². The molecule has 0 radical (unpaired) electrons. The molecule has 1 aliphatic rings. The normalized spacial score (nSPS) is 26.5. The Morgan fingerprint density at radius 1 is 1.25 bits per heavy atom. The lowest BCUT2D eigenvalue weighted by molar-refractivity contribution is -0.573. The minimum atomic E-state index is -1.79. The second-order valence-corrected chi connectivity index (χ2v) is 4.48. The molecule has 0 unspecified atom stereocenters. The van der Waals surface area contributed by atoms with Gasteiger partial charge in [-0.15, -0.1) is 0 Å². The zero-order chi connectivity index (χ0) is 11.6. The fourth-order valence-electron chi connectivity index (χ4n) is 2.14. The molecule has 0 bridgehead atoms. The average Bonchev–Trinajstić information content (AvgIpc) is 2.44. The van der Waals surface area contributed by atoms with Crippen LogP contribution in [0.15, 0.2) is 24.3 Å². The highest BCUT2D eigenvalue weighted by atomic mass is 19.1. The molecular formula is C13H17FNO+. The van der Waals surface area contributed by atoms with E-state index in [0.717, 1.165) is 18.4 Å². The largest absolute Gasteiger partial charge is 0.352 e. The third kappa shape index (κ3) is 2.00. The topological polar surface area (TPSA) is 33.7 Å². The van der Waals surface area contributed by atoms with Crippen LogP contribution in [0.25, 0.3) is 0 Å². The van der Waals surface area contributed by atoms with E-state index in [4.69, 9.17) is 0 Å². The highest BCUT2D eigenvalue weighted by molar-refractivity contribution is 5.78. The Balaban J connectivity index is 2.34. The quantitative estimate of drug-likeness (QED) is 0.766. The Labute approximate surface area is 94.9 Å². The van der Waals surface area contributed by atoms with Gasteiger partial charge < -0.3 is 0 Å². The van der Waals surface area contributed by atoms with E-state index < -0.39 is 5.67 Å². The minimum Gasteiger partial charge on any atom is -0.280 e. The molecule has 1 aromatic carbocycles. The van der Waals surface area contributed by atoms with Crippen molar-refractivity contribution in [2.45, 2.75) is 31.9 Å². The SMILES string of the molecule is Cc1ccc([C@]2(F)CCCC[NH2+]C2=O)cc1. The van der Waals surface area contributed by atoms with Gasteiger partial charge in [0, 0.05) is 5.56 Å². The van der Waals surface area contributed by atoms with Crippen molar-refractivity contribution in [3.63, 3.8) is 0 Å². The number of hydrogen-bond donors (Lipinski definition) is 1. The van der Waals surface area contributed by atoms with Crippen molar-refractivity contribution in [3.05, 3.63) is 35.4 Å². The van der Waals surface area contributed by atoms with Crippen LogP contribution in [-0.4, -0.2) is 12.5 Å². The third-order valence-electron chi connectivity index (χ3n) is 3.20. The van der Waals surface area contributed by atoms with Crippen LogP contribution in [0.2, 0.25) is 0 Å². The van der Waals surface area contributed by atoms with Crippen molar-refractivity contribution >= 4 is 5.91 Å². The maximum atomic E-state index is 14.7. The first-order valence-corrected chi connectivity index (χ1v) is 5.76. The van der Waals surface area contributed by atoms with Gasteiger partial charge in [-0.2, -0.15) is 0 Å². The van der Waals surface area contributed by atoms with Crippen LogP contribution in [0, 0.1) is 6.92 Å². The summed E-state index contributed by atoms with van der Waals surface area (Å²) < 4.78 is 14.7. The van der Waals surface area contributed by atoms with Gasteiger partial charge >= 0.3 is 5.91 Å². The van der Waals surface area contributed by atoms with Crippen molar-refractivity contribution in [1.82, 2.24) is 0 Å². The van der Waals surface area contributed by atoms with Crippen LogP contribution in [0.1, 0.15) is 30.4 Å². The number of rotatable bonds is 1. The number of amides is 1. The van der Waals surface area contributed by atoms with Gasteiger partial charge in [0.15, 0.2) is 0 Å². The molecule has 86 valence electrons. The van der Waals surface area contributed by atoms with Gasteiger partial charge in [0.05, 0.1) is 6.54 Å².